The second-order valence-electron chi connectivity index (χ2n) is 5.08. The van der Waals surface area contributed by atoms with Crippen LogP contribution in [0.15, 0.2) is 18.2 Å². The van der Waals surface area contributed by atoms with E-state index >= 15 is 0 Å². The predicted octanol–water partition coefficient (Wildman–Crippen LogP) is 2.49. The highest BCUT2D eigenvalue weighted by atomic mass is 19.1. The van der Waals surface area contributed by atoms with E-state index in [1.165, 1.54) is 12.1 Å². The lowest BCUT2D eigenvalue weighted by Crippen LogP contribution is -2.32. The van der Waals surface area contributed by atoms with E-state index in [1.54, 1.807) is 0 Å². The molecule has 6 heteroatoms. The third-order valence-electron chi connectivity index (χ3n) is 3.53. The largest absolute Gasteiger partial charge is 0.384 e. The van der Waals surface area contributed by atoms with Gasteiger partial charge in [-0.05, 0) is 45.0 Å². The van der Waals surface area contributed by atoms with Gasteiger partial charge in [-0.15, -0.1) is 0 Å². The monoisotopic (exact) mass is 267 g/mol. The van der Waals surface area contributed by atoms with E-state index in [-0.39, 0.29) is 5.69 Å². The van der Waals surface area contributed by atoms with Crippen molar-refractivity contribution in [2.75, 3.05) is 32.0 Å². The number of piperidine rings is 1. The molecule has 0 saturated carbocycles. The molecule has 0 bridgehead atoms. The molecule has 1 aliphatic heterocycles. The first kappa shape index (κ1) is 13.7. The highest BCUT2D eigenvalue weighted by molar-refractivity contribution is 5.51. The predicted molar refractivity (Wildman–Crippen MR) is 71.8 cm³/mol. The summed E-state index contributed by atoms with van der Waals surface area (Å²) < 4.78 is 13.3. The maximum absolute atomic E-state index is 13.3. The summed E-state index contributed by atoms with van der Waals surface area (Å²) in [4.78, 5) is 12.4. The fourth-order valence-corrected chi connectivity index (χ4v) is 2.31. The Hall–Kier alpha value is -1.69. The lowest BCUT2D eigenvalue weighted by Gasteiger charge is -2.29. The Morgan fingerprint density at radius 3 is 2.74 bits per heavy atom. The minimum atomic E-state index is -0.583. The Labute approximate surface area is 111 Å². The molecular formula is C13H18FN3O2. The van der Waals surface area contributed by atoms with Crippen LogP contribution in [0.1, 0.15) is 12.8 Å². The number of nitro groups is 1. The van der Waals surface area contributed by atoms with E-state index in [9.17, 15) is 14.5 Å². The van der Waals surface area contributed by atoms with Crippen LogP contribution < -0.4 is 5.32 Å². The van der Waals surface area contributed by atoms with Crippen molar-refractivity contribution in [3.63, 3.8) is 0 Å². The summed E-state index contributed by atoms with van der Waals surface area (Å²) >= 11 is 0. The second-order valence-corrected chi connectivity index (χ2v) is 5.08. The maximum Gasteiger partial charge on any atom is 0.274 e. The first-order valence-corrected chi connectivity index (χ1v) is 6.42. The molecule has 1 fully saturated rings. The molecule has 1 aromatic carbocycles. The van der Waals surface area contributed by atoms with Crippen molar-refractivity contribution in [1.82, 2.24) is 4.90 Å². The van der Waals surface area contributed by atoms with E-state index in [2.05, 4.69) is 17.3 Å². The van der Waals surface area contributed by atoms with Crippen LogP contribution in [-0.4, -0.2) is 36.5 Å². The number of non-ortho nitro benzene ring substituents is 1. The number of benzene rings is 1. The van der Waals surface area contributed by atoms with Gasteiger partial charge in [-0.3, -0.25) is 10.1 Å². The number of hydrogen-bond acceptors (Lipinski definition) is 4. The average Bonchev–Trinajstić information content (AvgIpc) is 2.37. The van der Waals surface area contributed by atoms with Gasteiger partial charge in [0, 0.05) is 18.3 Å². The summed E-state index contributed by atoms with van der Waals surface area (Å²) in [5, 5.41) is 13.8. The molecule has 0 atom stereocenters. The molecule has 1 N–H and O–H groups in total. The van der Waals surface area contributed by atoms with Crippen molar-refractivity contribution in [3.05, 3.63) is 34.1 Å². The summed E-state index contributed by atoms with van der Waals surface area (Å²) in [7, 11) is 2.10. The molecular weight excluding hydrogens is 249 g/mol. The van der Waals surface area contributed by atoms with Crippen LogP contribution in [0, 0.1) is 21.8 Å². The highest BCUT2D eigenvalue weighted by Gasteiger charge is 2.17. The summed E-state index contributed by atoms with van der Waals surface area (Å²) in [6.45, 7) is 2.86. The van der Waals surface area contributed by atoms with Gasteiger partial charge in [0.15, 0.2) is 0 Å². The minimum absolute atomic E-state index is 0.217. The summed E-state index contributed by atoms with van der Waals surface area (Å²) in [5.74, 6) is -0.0430. The molecule has 1 heterocycles. The third kappa shape index (κ3) is 3.89. The Balaban J connectivity index is 1.94. The number of rotatable bonds is 4. The molecule has 1 saturated heterocycles. The van der Waals surface area contributed by atoms with Gasteiger partial charge in [-0.25, -0.2) is 4.39 Å². The number of hydrogen-bond donors (Lipinski definition) is 1. The molecule has 0 aromatic heterocycles. The van der Waals surface area contributed by atoms with Crippen molar-refractivity contribution in [1.29, 1.82) is 0 Å². The zero-order valence-corrected chi connectivity index (χ0v) is 10.9. The van der Waals surface area contributed by atoms with Gasteiger partial charge in [-0.2, -0.15) is 0 Å². The lowest BCUT2D eigenvalue weighted by atomic mass is 9.97. The molecule has 0 unspecified atom stereocenters. The molecule has 104 valence electrons. The van der Waals surface area contributed by atoms with E-state index in [1.807, 2.05) is 0 Å². The Bertz CT molecular complexity index is 459. The Kier molecular flexibility index (Phi) is 4.31. The highest BCUT2D eigenvalue weighted by Crippen LogP contribution is 2.22. The number of nitro benzene ring substituents is 1. The van der Waals surface area contributed by atoms with Crippen molar-refractivity contribution in [2.45, 2.75) is 12.8 Å². The van der Waals surface area contributed by atoms with Gasteiger partial charge in [0.2, 0.25) is 0 Å². The summed E-state index contributed by atoms with van der Waals surface area (Å²) in [6.07, 6.45) is 2.20. The fraction of sp³-hybridized carbons (Fsp3) is 0.538. The molecule has 0 spiro atoms. The van der Waals surface area contributed by atoms with Crippen LogP contribution in [0.25, 0.3) is 0 Å². The van der Waals surface area contributed by atoms with Gasteiger partial charge in [0.05, 0.1) is 11.0 Å². The van der Waals surface area contributed by atoms with E-state index < -0.39 is 10.7 Å². The first-order valence-electron chi connectivity index (χ1n) is 6.42. The molecule has 1 aliphatic rings. The fourth-order valence-electron chi connectivity index (χ4n) is 2.31. The number of likely N-dealkylation sites (tertiary alicyclic amines) is 1. The maximum atomic E-state index is 13.3. The van der Waals surface area contributed by atoms with E-state index in [4.69, 9.17) is 0 Å². The lowest BCUT2D eigenvalue weighted by molar-refractivity contribution is -0.385. The quantitative estimate of drug-likeness (QED) is 0.672. The van der Waals surface area contributed by atoms with Gasteiger partial charge >= 0.3 is 0 Å². The van der Waals surface area contributed by atoms with Crippen molar-refractivity contribution >= 4 is 11.4 Å². The molecule has 0 amide bonds. The molecule has 2 rings (SSSR count). The zero-order chi connectivity index (χ0) is 13.8. The van der Waals surface area contributed by atoms with Gasteiger partial charge in [0.1, 0.15) is 5.82 Å². The van der Waals surface area contributed by atoms with Gasteiger partial charge in [0.25, 0.3) is 5.69 Å². The first-order chi connectivity index (χ1) is 9.04. The van der Waals surface area contributed by atoms with Crippen LogP contribution >= 0.6 is 0 Å². The van der Waals surface area contributed by atoms with Gasteiger partial charge < -0.3 is 10.2 Å². The number of nitrogens with zero attached hydrogens (tertiary/aromatic N) is 2. The smallest absolute Gasteiger partial charge is 0.274 e. The van der Waals surface area contributed by atoms with Crippen molar-refractivity contribution < 1.29 is 9.31 Å². The number of nitrogens with one attached hydrogen (secondary N) is 1. The minimum Gasteiger partial charge on any atom is -0.384 e. The molecule has 19 heavy (non-hydrogen) atoms. The molecule has 0 radical (unpaired) electrons. The van der Waals surface area contributed by atoms with Crippen molar-refractivity contribution in [2.24, 2.45) is 5.92 Å². The standard InChI is InChI=1S/C13H18FN3O2/c1-16-4-2-10(3-5-16)9-15-12-6-11(14)7-13(8-12)17(18)19/h6-8,10,15H,2-5,9H2,1H3. The van der Waals surface area contributed by atoms with Crippen LogP contribution in [0.4, 0.5) is 15.8 Å². The SMILES string of the molecule is CN1CCC(CNc2cc(F)cc([N+](=O)[O-])c2)CC1. The van der Waals surface area contributed by atoms with Gasteiger partial charge in [-0.1, -0.05) is 0 Å². The summed E-state index contributed by atoms with van der Waals surface area (Å²) in [6, 6.07) is 3.60. The zero-order valence-electron chi connectivity index (χ0n) is 10.9. The molecule has 1 aromatic rings. The van der Waals surface area contributed by atoms with E-state index in [0.717, 1.165) is 38.5 Å². The molecule has 5 nitrogen and oxygen atoms in total. The Morgan fingerprint density at radius 2 is 2.11 bits per heavy atom. The van der Waals surface area contributed by atoms with Crippen LogP contribution in [-0.2, 0) is 0 Å². The second kappa shape index (κ2) is 5.97. The normalized spacial score (nSPS) is 17.4. The van der Waals surface area contributed by atoms with Crippen LogP contribution in [0.2, 0.25) is 0 Å². The Morgan fingerprint density at radius 1 is 1.42 bits per heavy atom. The van der Waals surface area contributed by atoms with Crippen molar-refractivity contribution in [3.8, 4) is 0 Å². The summed E-state index contributed by atoms with van der Waals surface area (Å²) in [5.41, 5.74) is 0.261. The van der Waals surface area contributed by atoms with E-state index in [0.29, 0.717) is 11.6 Å². The number of anilines is 1. The van der Waals surface area contributed by atoms with Crippen LogP contribution in [0.5, 0.6) is 0 Å². The molecule has 0 aliphatic carbocycles. The van der Waals surface area contributed by atoms with Crippen LogP contribution in [0.3, 0.4) is 0 Å². The topological polar surface area (TPSA) is 58.4 Å². The number of halogens is 1. The average molecular weight is 267 g/mol. The third-order valence-corrected chi connectivity index (χ3v) is 3.53.